The first-order chi connectivity index (χ1) is 17.9. The lowest BCUT2D eigenvalue weighted by molar-refractivity contribution is -0.403. The number of hydrogen-bond donors (Lipinski definition) is 0. The minimum absolute atomic E-state index is 0.221. The number of rotatable bonds is 13. The van der Waals surface area contributed by atoms with E-state index in [1.807, 2.05) is 0 Å². The molecule has 1 aromatic rings. The predicted octanol–water partition coefficient (Wildman–Crippen LogP) is 9.00. The Morgan fingerprint density at radius 3 is 1.49 bits per heavy atom. The maximum Gasteiger partial charge on any atom is 0.392 e. The van der Waals surface area contributed by atoms with Gasteiger partial charge >= 0.3 is 45.1 Å². The summed E-state index contributed by atoms with van der Waals surface area (Å²) >= 11 is 0. The van der Waals surface area contributed by atoms with Gasteiger partial charge in [-0.2, -0.15) is 57.1 Å². The molecule has 238 valence electrons. The van der Waals surface area contributed by atoms with Gasteiger partial charge in [0, 0.05) is 5.20 Å². The smallest absolute Gasteiger partial charge is 0.392 e. The fraction of sp³-hybridized carbons (Fsp3) is 0.636. The Balaban J connectivity index is 3.93. The average Bonchev–Trinajstić information content (AvgIpc) is 2.73. The lowest BCUT2D eigenvalue weighted by Crippen LogP contribution is -2.70. The minimum Gasteiger partial charge on any atom is -0.436 e. The lowest BCUT2D eigenvalue weighted by Gasteiger charge is -2.42. The molecule has 0 spiro atoms. The molecule has 0 amide bonds. The molecule has 0 saturated heterocycles. The SMILES string of the molecule is C[Si](C)(C)O[SiH](O[Si](C)(C)C)C(=Cc1ccccc1)C(F)(F)C(F)(F)C(F)(F)C(F)(F)C(F)(F)C(F)CC(F)(F)F. The second-order valence-electron chi connectivity index (χ2n) is 11.0. The molecule has 0 fully saturated rings. The molecular formula is C22H28F14O2Si3. The van der Waals surface area contributed by atoms with Gasteiger partial charge in [-0.25, -0.2) is 4.39 Å². The van der Waals surface area contributed by atoms with Gasteiger partial charge in [0.1, 0.15) is 0 Å². The van der Waals surface area contributed by atoms with Crippen LogP contribution in [-0.4, -0.2) is 67.9 Å². The van der Waals surface area contributed by atoms with Crippen LogP contribution in [-0.2, 0) is 8.23 Å². The molecule has 0 aliphatic heterocycles. The van der Waals surface area contributed by atoms with Crippen molar-refractivity contribution in [3.63, 3.8) is 0 Å². The number of halogens is 14. The van der Waals surface area contributed by atoms with E-state index in [1.54, 1.807) is 0 Å². The van der Waals surface area contributed by atoms with E-state index >= 15 is 17.6 Å². The molecule has 2 nitrogen and oxygen atoms in total. The Labute approximate surface area is 230 Å². The van der Waals surface area contributed by atoms with E-state index in [1.165, 1.54) is 57.5 Å². The molecule has 0 aliphatic carbocycles. The summed E-state index contributed by atoms with van der Waals surface area (Å²) in [5, 5.41) is -2.02. The van der Waals surface area contributed by atoms with Crippen LogP contribution in [0, 0.1) is 0 Å². The molecule has 1 rings (SSSR count). The summed E-state index contributed by atoms with van der Waals surface area (Å²) in [5.41, 5.74) is -0.344. The van der Waals surface area contributed by atoms with Gasteiger partial charge in [-0.3, -0.25) is 0 Å². The summed E-state index contributed by atoms with van der Waals surface area (Å²) in [6, 6.07) is 5.84. The molecule has 19 heteroatoms. The first-order valence-electron chi connectivity index (χ1n) is 11.6. The molecule has 1 aromatic carbocycles. The normalized spacial score (nSPS) is 16.4. The van der Waals surface area contributed by atoms with Crippen LogP contribution in [0.15, 0.2) is 35.5 Å². The standard InChI is InChI=1S/C22H28F14O2Si3/c1-40(2,3)37-39(38-41(4,5)6)16(12-14-10-8-7-9-11-14)19(29,30)21(33,34)22(35,36)20(31,32)18(27,28)15(23)13-17(24,25)26/h7-12,15,39H,13H2,1-6H3. The van der Waals surface area contributed by atoms with E-state index in [0.29, 0.717) is 0 Å². The van der Waals surface area contributed by atoms with Crippen LogP contribution >= 0.6 is 0 Å². The molecule has 0 N–H and O–H groups in total. The van der Waals surface area contributed by atoms with Gasteiger partial charge in [-0.1, -0.05) is 30.3 Å². The van der Waals surface area contributed by atoms with Crippen molar-refractivity contribution in [3.8, 4) is 0 Å². The molecular weight excluding hydrogens is 646 g/mol. The molecule has 1 unspecified atom stereocenters. The van der Waals surface area contributed by atoms with Gasteiger partial charge < -0.3 is 8.23 Å². The second-order valence-corrected chi connectivity index (χ2v) is 22.6. The maximum absolute atomic E-state index is 15.6. The molecule has 0 bridgehead atoms. The van der Waals surface area contributed by atoms with E-state index in [4.69, 9.17) is 8.23 Å². The number of alkyl halides is 14. The Morgan fingerprint density at radius 1 is 0.707 bits per heavy atom. The quantitative estimate of drug-likeness (QED) is 0.154. The summed E-state index contributed by atoms with van der Waals surface area (Å²) in [4.78, 5) is 0. The van der Waals surface area contributed by atoms with E-state index in [2.05, 4.69) is 0 Å². The van der Waals surface area contributed by atoms with Crippen molar-refractivity contribution in [1.82, 2.24) is 0 Å². The third-order valence-corrected chi connectivity index (χ3v) is 13.5. The van der Waals surface area contributed by atoms with Crippen LogP contribution in [0.25, 0.3) is 6.08 Å². The summed E-state index contributed by atoms with van der Waals surface area (Å²) in [7, 11) is -10.6. The lowest BCUT2D eigenvalue weighted by atomic mass is 9.91. The van der Waals surface area contributed by atoms with Crippen molar-refractivity contribution in [2.75, 3.05) is 0 Å². The Bertz CT molecular complexity index is 1030. The van der Waals surface area contributed by atoms with Gasteiger partial charge in [0.2, 0.25) is 0 Å². The summed E-state index contributed by atoms with van der Waals surface area (Å²) in [5.74, 6) is -36.5. The highest BCUT2D eigenvalue weighted by atomic mass is 28.4. The molecule has 0 heterocycles. The second kappa shape index (κ2) is 11.9. The highest BCUT2D eigenvalue weighted by molar-refractivity contribution is 6.83. The van der Waals surface area contributed by atoms with Crippen molar-refractivity contribution < 1.29 is 69.7 Å². The highest BCUT2D eigenvalue weighted by Crippen LogP contribution is 2.60. The fourth-order valence-corrected chi connectivity index (χ4v) is 10.7. The fourth-order valence-electron chi connectivity index (χ4n) is 3.14. The zero-order valence-corrected chi connectivity index (χ0v) is 25.6. The van der Waals surface area contributed by atoms with Crippen molar-refractivity contribution in [2.45, 2.75) is 87.7 Å². The summed E-state index contributed by atoms with van der Waals surface area (Å²) in [6.07, 6.45) is -14.4. The van der Waals surface area contributed by atoms with Crippen molar-refractivity contribution in [1.29, 1.82) is 0 Å². The van der Waals surface area contributed by atoms with Crippen molar-refractivity contribution in [3.05, 3.63) is 41.1 Å². The minimum atomic E-state index is -7.80. The Morgan fingerprint density at radius 2 is 1.12 bits per heavy atom. The van der Waals surface area contributed by atoms with Crippen LogP contribution in [0.1, 0.15) is 12.0 Å². The van der Waals surface area contributed by atoms with E-state index in [-0.39, 0.29) is 11.6 Å². The topological polar surface area (TPSA) is 18.5 Å². The largest absolute Gasteiger partial charge is 0.436 e. The molecule has 0 aliphatic rings. The first kappa shape index (κ1) is 37.6. The molecule has 41 heavy (non-hydrogen) atoms. The van der Waals surface area contributed by atoms with E-state index < -0.39 is 79.5 Å². The first-order valence-corrected chi connectivity index (χ1v) is 20.0. The van der Waals surface area contributed by atoms with Gasteiger partial charge in [-0.05, 0) is 50.9 Å². The highest BCUT2D eigenvalue weighted by Gasteiger charge is 2.88. The molecule has 1 atom stereocenters. The van der Waals surface area contributed by atoms with Crippen LogP contribution in [0.5, 0.6) is 0 Å². The zero-order chi connectivity index (χ0) is 32.7. The average molecular weight is 675 g/mol. The number of allylic oxidation sites excluding steroid dienone is 1. The van der Waals surface area contributed by atoms with Crippen molar-refractivity contribution >= 4 is 32.0 Å². The monoisotopic (exact) mass is 674 g/mol. The zero-order valence-electron chi connectivity index (χ0n) is 22.4. The van der Waals surface area contributed by atoms with E-state index in [0.717, 1.165) is 12.1 Å². The number of hydrogen-bond acceptors (Lipinski definition) is 2. The Kier molecular flexibility index (Phi) is 10.9. The third kappa shape index (κ3) is 8.56. The molecule has 0 radical (unpaired) electrons. The van der Waals surface area contributed by atoms with E-state index in [9.17, 15) is 43.9 Å². The van der Waals surface area contributed by atoms with Crippen LogP contribution in [0.2, 0.25) is 39.3 Å². The third-order valence-electron chi connectivity index (χ3n) is 5.07. The van der Waals surface area contributed by atoms with Gasteiger partial charge in [0.25, 0.3) is 0 Å². The van der Waals surface area contributed by atoms with Gasteiger partial charge in [-0.15, -0.1) is 0 Å². The summed E-state index contributed by atoms with van der Waals surface area (Å²) in [6.45, 7) is 8.26. The van der Waals surface area contributed by atoms with Crippen LogP contribution in [0.3, 0.4) is 0 Å². The summed E-state index contributed by atoms with van der Waals surface area (Å²) < 4.78 is 209. The van der Waals surface area contributed by atoms with Crippen molar-refractivity contribution in [2.24, 2.45) is 0 Å². The Hall–Kier alpha value is -1.45. The van der Waals surface area contributed by atoms with Gasteiger partial charge in [0.15, 0.2) is 22.8 Å². The maximum atomic E-state index is 15.6. The molecule has 0 aromatic heterocycles. The molecule has 0 saturated carbocycles. The number of benzene rings is 1. The van der Waals surface area contributed by atoms with Crippen LogP contribution in [0.4, 0.5) is 61.5 Å². The predicted molar refractivity (Wildman–Crippen MR) is 131 cm³/mol. The van der Waals surface area contributed by atoms with Crippen LogP contribution < -0.4 is 0 Å². The van der Waals surface area contributed by atoms with Gasteiger partial charge in [0.05, 0.1) is 6.42 Å².